The van der Waals surface area contributed by atoms with Crippen LogP contribution in [0.2, 0.25) is 0 Å². The molecule has 8 heteroatoms. The first-order chi connectivity index (χ1) is 18.0. The lowest BCUT2D eigenvalue weighted by molar-refractivity contribution is -0.144. The molecule has 1 unspecified atom stereocenters. The smallest absolute Gasteiger partial charge is 0.303 e. The average Bonchev–Trinajstić information content (AvgIpc) is 2.90. The zero-order chi connectivity index (χ0) is 27.9. The number of nitrogens with zero attached hydrogens (tertiary/aromatic N) is 1. The molecule has 1 aliphatic heterocycles. The largest absolute Gasteiger partial charge is 0.481 e. The molecule has 38 heavy (non-hydrogen) atoms. The Hall–Kier alpha value is -3.68. The van der Waals surface area contributed by atoms with Gasteiger partial charge in [-0.1, -0.05) is 49.7 Å². The molecule has 1 saturated heterocycles. The van der Waals surface area contributed by atoms with Crippen molar-refractivity contribution in [3.8, 4) is 0 Å². The lowest BCUT2D eigenvalue weighted by Gasteiger charge is -2.40. The van der Waals surface area contributed by atoms with E-state index in [9.17, 15) is 14.4 Å². The number of nitrogen functional groups attached to an aromatic ring is 1. The van der Waals surface area contributed by atoms with Gasteiger partial charge in [-0.15, -0.1) is 0 Å². The van der Waals surface area contributed by atoms with Gasteiger partial charge < -0.3 is 21.1 Å². The van der Waals surface area contributed by atoms with E-state index in [1.54, 1.807) is 29.2 Å². The summed E-state index contributed by atoms with van der Waals surface area (Å²) in [5.41, 5.74) is 7.59. The molecule has 5 N–H and O–H groups in total. The van der Waals surface area contributed by atoms with E-state index in [1.807, 2.05) is 26.0 Å². The zero-order valence-electron chi connectivity index (χ0n) is 22.6. The molecular formula is C30H40N4O4. The van der Waals surface area contributed by atoms with Gasteiger partial charge in [0.1, 0.15) is 5.84 Å². The van der Waals surface area contributed by atoms with E-state index < -0.39 is 17.4 Å². The first kappa shape index (κ1) is 28.9. The lowest BCUT2D eigenvalue weighted by atomic mass is 9.78. The third-order valence-corrected chi connectivity index (χ3v) is 7.50. The fraction of sp³-hybridized carbons (Fsp3) is 0.467. The van der Waals surface area contributed by atoms with Crippen molar-refractivity contribution < 1.29 is 19.5 Å². The highest BCUT2D eigenvalue weighted by atomic mass is 16.4. The molecule has 1 atom stereocenters. The molecule has 2 amide bonds. The molecule has 0 bridgehead atoms. The molecule has 2 aromatic carbocycles. The number of hydrogen-bond donors (Lipinski definition) is 4. The SMILES string of the molecule is CCCCc1ccc(C(NC(=O)c2ccc(C(=N)N)cc2)C(C)(C)C(=O)N2CCC(CC(=O)O)CC2)cc1. The van der Waals surface area contributed by atoms with Crippen LogP contribution in [0.25, 0.3) is 0 Å². The number of nitrogens with two attached hydrogens (primary N) is 1. The van der Waals surface area contributed by atoms with Crippen LogP contribution in [-0.4, -0.2) is 46.7 Å². The van der Waals surface area contributed by atoms with E-state index in [0.29, 0.717) is 37.1 Å². The van der Waals surface area contributed by atoms with E-state index in [1.165, 1.54) is 5.56 Å². The molecular weight excluding hydrogens is 480 g/mol. The van der Waals surface area contributed by atoms with Crippen molar-refractivity contribution in [3.63, 3.8) is 0 Å². The predicted molar refractivity (Wildman–Crippen MR) is 148 cm³/mol. The van der Waals surface area contributed by atoms with Crippen molar-refractivity contribution in [2.45, 2.75) is 65.3 Å². The maximum atomic E-state index is 13.8. The topological polar surface area (TPSA) is 137 Å². The van der Waals surface area contributed by atoms with Crippen LogP contribution in [0.4, 0.5) is 0 Å². The number of benzene rings is 2. The summed E-state index contributed by atoms with van der Waals surface area (Å²) in [6.45, 7) is 6.87. The van der Waals surface area contributed by atoms with Gasteiger partial charge in [-0.2, -0.15) is 0 Å². The van der Waals surface area contributed by atoms with Crippen LogP contribution in [0, 0.1) is 16.7 Å². The van der Waals surface area contributed by atoms with Crippen LogP contribution >= 0.6 is 0 Å². The number of carboxylic acid groups (broad SMARTS) is 1. The normalized spacial score (nSPS) is 15.1. The Balaban J connectivity index is 1.85. The van der Waals surface area contributed by atoms with Gasteiger partial charge in [0.05, 0.1) is 11.5 Å². The summed E-state index contributed by atoms with van der Waals surface area (Å²) < 4.78 is 0. The summed E-state index contributed by atoms with van der Waals surface area (Å²) in [7, 11) is 0. The Morgan fingerprint density at radius 1 is 1.05 bits per heavy atom. The molecule has 0 aromatic heterocycles. The molecule has 3 rings (SSSR count). The van der Waals surface area contributed by atoms with Crippen LogP contribution in [0.3, 0.4) is 0 Å². The number of aryl methyl sites for hydroxylation is 1. The second kappa shape index (κ2) is 12.7. The molecule has 1 heterocycles. The minimum Gasteiger partial charge on any atom is -0.481 e. The quantitative estimate of drug-likeness (QED) is 0.255. The first-order valence-electron chi connectivity index (χ1n) is 13.4. The molecule has 0 radical (unpaired) electrons. The van der Waals surface area contributed by atoms with Crippen molar-refractivity contribution in [2.75, 3.05) is 13.1 Å². The third kappa shape index (κ3) is 7.21. The Labute approximate surface area is 225 Å². The molecule has 204 valence electrons. The lowest BCUT2D eigenvalue weighted by Crippen LogP contribution is -2.51. The summed E-state index contributed by atoms with van der Waals surface area (Å²) in [5, 5.41) is 19.8. The van der Waals surface area contributed by atoms with Gasteiger partial charge in [0.25, 0.3) is 5.91 Å². The maximum absolute atomic E-state index is 13.8. The second-order valence-corrected chi connectivity index (χ2v) is 10.8. The summed E-state index contributed by atoms with van der Waals surface area (Å²) >= 11 is 0. The van der Waals surface area contributed by atoms with Gasteiger partial charge in [-0.3, -0.25) is 19.8 Å². The van der Waals surface area contributed by atoms with Crippen LogP contribution < -0.4 is 11.1 Å². The van der Waals surface area contributed by atoms with E-state index in [0.717, 1.165) is 24.8 Å². The number of amides is 2. The zero-order valence-corrected chi connectivity index (χ0v) is 22.6. The van der Waals surface area contributed by atoms with Gasteiger partial charge in [0, 0.05) is 30.6 Å². The Bertz CT molecular complexity index is 1130. The standard InChI is InChI=1S/C30H40N4O4/c1-4-5-6-20-7-9-22(10-8-20)26(33-28(37)24-13-11-23(12-14-24)27(31)32)30(2,3)29(38)34-17-15-21(16-18-34)19-25(35)36/h7-14,21,26H,4-6,15-19H2,1-3H3,(H3,31,32)(H,33,37)(H,35,36). The number of piperidine rings is 1. The van der Waals surface area contributed by atoms with Gasteiger partial charge >= 0.3 is 5.97 Å². The van der Waals surface area contributed by atoms with Crippen LogP contribution in [0.15, 0.2) is 48.5 Å². The highest BCUT2D eigenvalue weighted by Crippen LogP contribution is 2.37. The number of carbonyl (C=O) groups is 3. The van der Waals surface area contributed by atoms with E-state index in [-0.39, 0.29) is 30.0 Å². The Kier molecular flexibility index (Phi) is 9.66. The number of carbonyl (C=O) groups excluding carboxylic acids is 2. The monoisotopic (exact) mass is 520 g/mol. The molecule has 0 spiro atoms. The van der Waals surface area contributed by atoms with Gasteiger partial charge in [-0.25, -0.2) is 0 Å². The molecule has 2 aromatic rings. The first-order valence-corrected chi connectivity index (χ1v) is 13.4. The van der Waals surface area contributed by atoms with Crippen molar-refractivity contribution >= 4 is 23.6 Å². The summed E-state index contributed by atoms with van der Waals surface area (Å²) in [6, 6.07) is 14.0. The third-order valence-electron chi connectivity index (χ3n) is 7.50. The second-order valence-electron chi connectivity index (χ2n) is 10.8. The minimum absolute atomic E-state index is 0.0708. The predicted octanol–water partition coefficient (Wildman–Crippen LogP) is 4.52. The summed E-state index contributed by atoms with van der Waals surface area (Å²) in [5.74, 6) is -1.20. The number of nitrogens with one attached hydrogen (secondary N) is 2. The fourth-order valence-electron chi connectivity index (χ4n) is 5.07. The number of hydrogen-bond acceptors (Lipinski definition) is 4. The van der Waals surface area contributed by atoms with E-state index in [4.69, 9.17) is 16.2 Å². The van der Waals surface area contributed by atoms with Crippen LogP contribution in [0.1, 0.15) is 86.0 Å². The van der Waals surface area contributed by atoms with E-state index in [2.05, 4.69) is 24.4 Å². The minimum atomic E-state index is -0.959. The number of amidine groups is 1. The van der Waals surface area contributed by atoms with Crippen LogP contribution in [0.5, 0.6) is 0 Å². The van der Waals surface area contributed by atoms with Crippen molar-refractivity contribution in [1.29, 1.82) is 5.41 Å². The van der Waals surface area contributed by atoms with Crippen molar-refractivity contribution in [2.24, 2.45) is 17.1 Å². The van der Waals surface area contributed by atoms with Crippen LogP contribution in [-0.2, 0) is 16.0 Å². The number of aliphatic carboxylic acids is 1. The van der Waals surface area contributed by atoms with Gasteiger partial charge in [0.15, 0.2) is 0 Å². The van der Waals surface area contributed by atoms with Gasteiger partial charge in [0.2, 0.25) is 5.91 Å². The number of rotatable bonds is 11. The summed E-state index contributed by atoms with van der Waals surface area (Å²) in [6.07, 6.45) is 4.60. The molecule has 1 aliphatic rings. The Morgan fingerprint density at radius 2 is 1.63 bits per heavy atom. The average molecular weight is 521 g/mol. The number of likely N-dealkylation sites (tertiary alicyclic amines) is 1. The number of unbranched alkanes of at least 4 members (excludes halogenated alkanes) is 1. The molecule has 0 aliphatic carbocycles. The Morgan fingerprint density at radius 3 is 2.16 bits per heavy atom. The summed E-state index contributed by atoms with van der Waals surface area (Å²) in [4.78, 5) is 40.1. The van der Waals surface area contributed by atoms with Crippen molar-refractivity contribution in [1.82, 2.24) is 10.2 Å². The molecule has 1 fully saturated rings. The fourth-order valence-corrected chi connectivity index (χ4v) is 5.07. The van der Waals surface area contributed by atoms with Gasteiger partial charge in [-0.05, 0) is 68.7 Å². The maximum Gasteiger partial charge on any atom is 0.303 e. The number of carboxylic acids is 1. The molecule has 8 nitrogen and oxygen atoms in total. The van der Waals surface area contributed by atoms with E-state index >= 15 is 0 Å². The highest BCUT2D eigenvalue weighted by Gasteiger charge is 2.42. The molecule has 0 saturated carbocycles. The van der Waals surface area contributed by atoms with Crippen molar-refractivity contribution in [3.05, 3.63) is 70.8 Å². The highest BCUT2D eigenvalue weighted by molar-refractivity contribution is 5.98.